The van der Waals surface area contributed by atoms with Gasteiger partial charge >= 0.3 is 0 Å². The van der Waals surface area contributed by atoms with Gasteiger partial charge in [-0.1, -0.05) is 0 Å². The average molecular weight is 212 g/mol. The Kier molecular flexibility index (Phi) is 3.59. The van der Waals surface area contributed by atoms with Crippen LogP contribution in [-0.4, -0.2) is 49.2 Å². The molecule has 2 aliphatic rings. The second-order valence-electron chi connectivity index (χ2n) is 4.27. The first-order chi connectivity index (χ1) is 7.33. The lowest BCUT2D eigenvalue weighted by Crippen LogP contribution is -2.53. The summed E-state index contributed by atoms with van der Waals surface area (Å²) in [6, 6.07) is 0.480. The summed E-state index contributed by atoms with van der Waals surface area (Å²) in [4.78, 5) is 14.1. The van der Waals surface area contributed by atoms with E-state index in [0.717, 1.165) is 13.1 Å². The van der Waals surface area contributed by atoms with Crippen LogP contribution in [0.3, 0.4) is 0 Å². The number of carbonyl (C=O) groups is 1. The smallest absolute Gasteiger partial charge is 0.253 e. The molecule has 1 amide bonds. The zero-order valence-corrected chi connectivity index (χ0v) is 9.37. The van der Waals surface area contributed by atoms with E-state index in [0.29, 0.717) is 19.2 Å². The van der Waals surface area contributed by atoms with Gasteiger partial charge in [-0.2, -0.15) is 0 Å². The third-order valence-corrected chi connectivity index (χ3v) is 3.34. The number of rotatable bonds is 3. The molecule has 0 aromatic heterocycles. The van der Waals surface area contributed by atoms with E-state index in [9.17, 15) is 4.79 Å². The monoisotopic (exact) mass is 212 g/mol. The van der Waals surface area contributed by atoms with Crippen molar-refractivity contribution in [2.24, 2.45) is 0 Å². The van der Waals surface area contributed by atoms with Crippen LogP contribution in [0, 0.1) is 0 Å². The normalized spacial score (nSPS) is 27.1. The molecular weight excluding hydrogens is 192 g/mol. The fourth-order valence-corrected chi connectivity index (χ4v) is 2.20. The number of morpholine rings is 1. The van der Waals surface area contributed by atoms with E-state index >= 15 is 0 Å². The van der Waals surface area contributed by atoms with Crippen LogP contribution in [0.4, 0.5) is 0 Å². The van der Waals surface area contributed by atoms with E-state index in [1.165, 1.54) is 19.3 Å². The number of hydrogen-bond donors (Lipinski definition) is 1. The minimum atomic E-state index is -0.251. The zero-order chi connectivity index (χ0) is 10.7. The summed E-state index contributed by atoms with van der Waals surface area (Å²) in [5.41, 5.74) is 0. The first kappa shape index (κ1) is 10.9. The third kappa shape index (κ3) is 2.32. The highest BCUT2D eigenvalue weighted by Gasteiger charge is 2.32. The summed E-state index contributed by atoms with van der Waals surface area (Å²) in [6.07, 6.45) is 3.34. The maximum Gasteiger partial charge on any atom is 0.253 e. The van der Waals surface area contributed by atoms with Crippen LogP contribution >= 0.6 is 0 Å². The van der Waals surface area contributed by atoms with Crippen LogP contribution < -0.4 is 5.32 Å². The predicted octanol–water partition coefficient (Wildman–Crippen LogP) is 0.376. The molecule has 0 aromatic rings. The van der Waals surface area contributed by atoms with Crippen LogP contribution in [0.25, 0.3) is 0 Å². The molecule has 1 N–H and O–H groups in total. The molecule has 1 heterocycles. The van der Waals surface area contributed by atoms with E-state index in [2.05, 4.69) is 5.32 Å². The summed E-state index contributed by atoms with van der Waals surface area (Å²) in [6.45, 7) is 5.04. The molecule has 0 spiro atoms. The molecule has 0 unspecified atom stereocenters. The molecule has 86 valence electrons. The first-order valence-electron chi connectivity index (χ1n) is 5.95. The van der Waals surface area contributed by atoms with E-state index in [1.807, 2.05) is 11.8 Å². The molecule has 2 fully saturated rings. The molecule has 1 atom stereocenters. The largest absolute Gasteiger partial charge is 0.366 e. The van der Waals surface area contributed by atoms with Crippen LogP contribution in [0.2, 0.25) is 0 Å². The standard InChI is InChI=1S/C11H20N2O2/c1-2-13(9-4-3-5-9)11(14)10-8-12-6-7-15-10/h9-10,12H,2-8H2,1H3/t10-/m0/s1. The molecule has 4 nitrogen and oxygen atoms in total. The Morgan fingerprint density at radius 1 is 1.53 bits per heavy atom. The van der Waals surface area contributed by atoms with E-state index in [4.69, 9.17) is 4.74 Å². The summed E-state index contributed by atoms with van der Waals surface area (Å²) < 4.78 is 5.49. The highest BCUT2D eigenvalue weighted by atomic mass is 16.5. The van der Waals surface area contributed by atoms with Crippen molar-refractivity contribution in [3.8, 4) is 0 Å². The van der Waals surface area contributed by atoms with Gasteiger partial charge in [-0.15, -0.1) is 0 Å². The number of nitrogens with zero attached hydrogens (tertiary/aromatic N) is 1. The quantitative estimate of drug-likeness (QED) is 0.735. The van der Waals surface area contributed by atoms with Crippen molar-refractivity contribution in [2.75, 3.05) is 26.2 Å². The number of hydrogen-bond acceptors (Lipinski definition) is 3. The Morgan fingerprint density at radius 2 is 2.33 bits per heavy atom. The Morgan fingerprint density at radius 3 is 2.80 bits per heavy atom. The maximum absolute atomic E-state index is 12.1. The SMILES string of the molecule is CCN(C(=O)[C@@H]1CNCCO1)C1CCC1. The van der Waals surface area contributed by atoms with Gasteiger partial charge in [0, 0.05) is 25.7 Å². The topological polar surface area (TPSA) is 41.6 Å². The van der Waals surface area contributed by atoms with Crippen LogP contribution in [0.1, 0.15) is 26.2 Å². The van der Waals surface area contributed by atoms with Gasteiger partial charge in [-0.05, 0) is 26.2 Å². The molecule has 1 aliphatic carbocycles. The number of nitrogens with one attached hydrogen (secondary N) is 1. The molecule has 0 radical (unpaired) electrons. The lowest BCUT2D eigenvalue weighted by molar-refractivity contribution is -0.149. The van der Waals surface area contributed by atoms with E-state index in [1.54, 1.807) is 0 Å². The molecule has 2 rings (SSSR count). The maximum atomic E-state index is 12.1. The molecule has 15 heavy (non-hydrogen) atoms. The van der Waals surface area contributed by atoms with Gasteiger partial charge < -0.3 is 15.0 Å². The average Bonchev–Trinajstić information content (AvgIpc) is 2.23. The van der Waals surface area contributed by atoms with Gasteiger partial charge in [-0.3, -0.25) is 4.79 Å². The van der Waals surface area contributed by atoms with Crippen molar-refractivity contribution < 1.29 is 9.53 Å². The van der Waals surface area contributed by atoms with Gasteiger partial charge in [0.15, 0.2) is 0 Å². The van der Waals surface area contributed by atoms with Gasteiger partial charge in [0.1, 0.15) is 6.10 Å². The second-order valence-corrected chi connectivity index (χ2v) is 4.27. The van der Waals surface area contributed by atoms with Crippen molar-refractivity contribution in [3.63, 3.8) is 0 Å². The predicted molar refractivity (Wildman–Crippen MR) is 57.6 cm³/mol. The van der Waals surface area contributed by atoms with E-state index < -0.39 is 0 Å². The van der Waals surface area contributed by atoms with Crippen molar-refractivity contribution in [1.82, 2.24) is 10.2 Å². The van der Waals surface area contributed by atoms with Gasteiger partial charge in [0.25, 0.3) is 5.91 Å². The summed E-state index contributed by atoms with van der Waals surface area (Å²) >= 11 is 0. The number of ether oxygens (including phenoxy) is 1. The van der Waals surface area contributed by atoms with Gasteiger partial charge in [0.2, 0.25) is 0 Å². The molecular formula is C11H20N2O2. The minimum absolute atomic E-state index is 0.175. The Hall–Kier alpha value is -0.610. The van der Waals surface area contributed by atoms with Crippen molar-refractivity contribution >= 4 is 5.91 Å². The third-order valence-electron chi connectivity index (χ3n) is 3.34. The molecule has 0 bridgehead atoms. The molecule has 1 saturated heterocycles. The number of amides is 1. The van der Waals surface area contributed by atoms with Crippen molar-refractivity contribution in [3.05, 3.63) is 0 Å². The van der Waals surface area contributed by atoms with Gasteiger partial charge in [-0.25, -0.2) is 0 Å². The molecule has 1 aliphatic heterocycles. The lowest BCUT2D eigenvalue weighted by Gasteiger charge is -2.39. The van der Waals surface area contributed by atoms with Gasteiger partial charge in [0.05, 0.1) is 6.61 Å². The Labute approximate surface area is 91.0 Å². The lowest BCUT2D eigenvalue weighted by atomic mass is 9.91. The van der Waals surface area contributed by atoms with Crippen molar-refractivity contribution in [1.29, 1.82) is 0 Å². The minimum Gasteiger partial charge on any atom is -0.366 e. The number of likely N-dealkylation sites (N-methyl/N-ethyl adjacent to an activating group) is 1. The van der Waals surface area contributed by atoms with Crippen LogP contribution in [0.15, 0.2) is 0 Å². The summed E-state index contributed by atoms with van der Waals surface area (Å²) in [7, 11) is 0. The molecule has 0 aromatic carbocycles. The second kappa shape index (κ2) is 4.94. The van der Waals surface area contributed by atoms with E-state index in [-0.39, 0.29) is 12.0 Å². The fourth-order valence-electron chi connectivity index (χ4n) is 2.20. The Bertz CT molecular complexity index is 223. The summed E-state index contributed by atoms with van der Waals surface area (Å²) in [5, 5.41) is 3.20. The first-order valence-corrected chi connectivity index (χ1v) is 5.95. The summed E-state index contributed by atoms with van der Waals surface area (Å²) in [5.74, 6) is 0.175. The zero-order valence-electron chi connectivity index (χ0n) is 9.37. The highest BCUT2D eigenvalue weighted by Crippen LogP contribution is 2.25. The fraction of sp³-hybridized carbons (Fsp3) is 0.909. The Balaban J connectivity index is 1.90. The highest BCUT2D eigenvalue weighted by molar-refractivity contribution is 5.81. The van der Waals surface area contributed by atoms with Crippen LogP contribution in [-0.2, 0) is 9.53 Å². The molecule has 4 heteroatoms. The van der Waals surface area contributed by atoms with Crippen molar-refractivity contribution in [2.45, 2.75) is 38.3 Å². The van der Waals surface area contributed by atoms with Crippen LogP contribution in [0.5, 0.6) is 0 Å². The number of carbonyl (C=O) groups excluding carboxylic acids is 1. The molecule has 1 saturated carbocycles.